The molecule has 0 aromatic heterocycles. The highest BCUT2D eigenvalue weighted by atomic mass is 31.2. The Morgan fingerprint density at radius 2 is 1.69 bits per heavy atom. The average Bonchev–Trinajstić information content (AvgIpc) is 2.64. The zero-order valence-electron chi connectivity index (χ0n) is 16.7. The van der Waals surface area contributed by atoms with Crippen molar-refractivity contribution >= 4 is 19.0 Å². The van der Waals surface area contributed by atoms with Crippen molar-refractivity contribution in [3.63, 3.8) is 0 Å². The van der Waals surface area contributed by atoms with Crippen LogP contribution in [0, 0.1) is 0 Å². The maximum atomic E-state index is 13.3. The van der Waals surface area contributed by atoms with Crippen LogP contribution in [0.25, 0.3) is 0 Å². The summed E-state index contributed by atoms with van der Waals surface area (Å²) in [6.07, 6.45) is -4.92. The van der Waals surface area contributed by atoms with Crippen LogP contribution in [0.2, 0.25) is 0 Å². The van der Waals surface area contributed by atoms with Crippen molar-refractivity contribution in [2.24, 2.45) is 0 Å². The number of hydrogen-bond donors (Lipinski definition) is 2. The first-order valence-corrected chi connectivity index (χ1v) is 10.7. The number of nitrogens with two attached hydrogens (primary N) is 1. The number of methoxy groups -OCH3 is 1. The van der Waals surface area contributed by atoms with Gasteiger partial charge in [-0.05, 0) is 19.9 Å². The first-order valence-electron chi connectivity index (χ1n) is 8.99. The van der Waals surface area contributed by atoms with E-state index in [1.807, 2.05) is 0 Å². The summed E-state index contributed by atoms with van der Waals surface area (Å²) in [6.45, 7) is 4.24. The van der Waals surface area contributed by atoms with Crippen LogP contribution in [-0.2, 0) is 29.3 Å². The largest absolute Gasteiger partial charge is 0.490 e. The highest BCUT2D eigenvalue weighted by molar-refractivity contribution is 7.53. The molecular formula is C17H28F3N2O6P. The van der Waals surface area contributed by atoms with Crippen LogP contribution in [0.4, 0.5) is 24.5 Å². The summed E-state index contributed by atoms with van der Waals surface area (Å²) in [7, 11) is -1.95. The minimum absolute atomic E-state index is 0.0810. The second kappa shape index (κ2) is 12.2. The lowest BCUT2D eigenvalue weighted by Crippen LogP contribution is -2.15. The Morgan fingerprint density at radius 1 is 1.07 bits per heavy atom. The number of hydrogen-bond acceptors (Lipinski definition) is 8. The van der Waals surface area contributed by atoms with Gasteiger partial charge in [0.2, 0.25) is 0 Å². The van der Waals surface area contributed by atoms with E-state index in [0.717, 1.165) is 12.1 Å². The smallest absolute Gasteiger partial charge is 0.420 e. The summed E-state index contributed by atoms with van der Waals surface area (Å²) >= 11 is 0. The molecule has 1 rings (SSSR count). The van der Waals surface area contributed by atoms with Crippen molar-refractivity contribution in [1.29, 1.82) is 0 Å². The molecule has 0 aliphatic rings. The highest BCUT2D eigenvalue weighted by Crippen LogP contribution is 2.48. The van der Waals surface area contributed by atoms with E-state index in [1.165, 1.54) is 7.11 Å². The van der Waals surface area contributed by atoms with E-state index in [0.29, 0.717) is 13.2 Å². The molecule has 0 saturated carbocycles. The van der Waals surface area contributed by atoms with E-state index in [1.54, 1.807) is 13.8 Å². The zero-order chi connectivity index (χ0) is 21.9. The number of benzene rings is 1. The third-order valence-electron chi connectivity index (χ3n) is 3.49. The maximum absolute atomic E-state index is 13.3. The monoisotopic (exact) mass is 444 g/mol. The van der Waals surface area contributed by atoms with Gasteiger partial charge in [0.25, 0.3) is 0 Å². The Kier molecular flexibility index (Phi) is 10.8. The van der Waals surface area contributed by atoms with Gasteiger partial charge in [0.05, 0.1) is 50.0 Å². The molecule has 0 radical (unpaired) electrons. The van der Waals surface area contributed by atoms with E-state index >= 15 is 0 Å². The van der Waals surface area contributed by atoms with Gasteiger partial charge in [-0.2, -0.15) is 13.2 Å². The normalized spacial score (nSPS) is 12.2. The summed E-state index contributed by atoms with van der Waals surface area (Å²) < 4.78 is 78.0. The molecule has 0 aliphatic heterocycles. The fraction of sp³-hybridized carbons (Fsp3) is 0.647. The molecule has 1 aromatic rings. The molecule has 0 spiro atoms. The highest BCUT2D eigenvalue weighted by Gasteiger charge is 2.35. The molecule has 0 amide bonds. The number of alkyl halides is 3. The Balaban J connectivity index is 2.94. The minimum Gasteiger partial charge on any atom is -0.490 e. The third-order valence-corrected chi connectivity index (χ3v) is 5.34. The maximum Gasteiger partial charge on any atom is 0.420 e. The zero-order valence-corrected chi connectivity index (χ0v) is 17.6. The van der Waals surface area contributed by atoms with Crippen molar-refractivity contribution in [3.8, 4) is 5.75 Å². The van der Waals surface area contributed by atoms with Gasteiger partial charge in [0, 0.05) is 13.2 Å². The van der Waals surface area contributed by atoms with Crippen molar-refractivity contribution < 1.29 is 41.0 Å². The number of halogens is 3. The lowest BCUT2D eigenvalue weighted by atomic mass is 10.1. The molecular weight excluding hydrogens is 416 g/mol. The Hall–Kier alpha value is -1.52. The van der Waals surface area contributed by atoms with Crippen molar-refractivity contribution in [1.82, 2.24) is 0 Å². The molecule has 1 aromatic carbocycles. The molecule has 0 heterocycles. The van der Waals surface area contributed by atoms with Crippen molar-refractivity contribution in [3.05, 3.63) is 17.7 Å². The Bertz CT molecular complexity index is 665. The predicted molar refractivity (Wildman–Crippen MR) is 103 cm³/mol. The molecule has 29 heavy (non-hydrogen) atoms. The molecule has 0 fully saturated rings. The Morgan fingerprint density at radius 3 is 2.24 bits per heavy atom. The fourth-order valence-corrected chi connectivity index (χ4v) is 3.66. The summed E-state index contributed by atoms with van der Waals surface area (Å²) in [5, 5.41) is 2.73. The van der Waals surface area contributed by atoms with Crippen LogP contribution in [0.1, 0.15) is 19.4 Å². The van der Waals surface area contributed by atoms with E-state index in [4.69, 9.17) is 29.0 Å². The molecule has 168 valence electrons. The number of anilines is 2. The van der Waals surface area contributed by atoms with Crippen LogP contribution in [0.15, 0.2) is 12.1 Å². The van der Waals surface area contributed by atoms with Gasteiger partial charge in [-0.15, -0.1) is 0 Å². The summed E-state index contributed by atoms with van der Waals surface area (Å²) in [5.41, 5.74) is 4.67. The van der Waals surface area contributed by atoms with E-state index < -0.39 is 25.1 Å². The van der Waals surface area contributed by atoms with Crippen LogP contribution in [-0.4, -0.2) is 53.0 Å². The van der Waals surface area contributed by atoms with Crippen molar-refractivity contribution in [2.75, 3.05) is 64.1 Å². The van der Waals surface area contributed by atoms with Crippen molar-refractivity contribution in [2.45, 2.75) is 20.0 Å². The van der Waals surface area contributed by atoms with Gasteiger partial charge in [-0.25, -0.2) is 0 Å². The Labute approximate surface area is 168 Å². The number of rotatable bonds is 14. The van der Waals surface area contributed by atoms with Crippen LogP contribution < -0.4 is 15.8 Å². The number of nitrogen functional groups attached to an aromatic ring is 1. The second-order valence-electron chi connectivity index (χ2n) is 5.67. The summed E-state index contributed by atoms with van der Waals surface area (Å²) in [5.74, 6) is -0.424. The summed E-state index contributed by atoms with van der Waals surface area (Å²) in [6, 6.07) is 1.87. The van der Waals surface area contributed by atoms with Crippen LogP contribution in [0.3, 0.4) is 0 Å². The average molecular weight is 444 g/mol. The van der Waals surface area contributed by atoms with E-state index in [2.05, 4.69) is 5.32 Å². The third kappa shape index (κ3) is 8.79. The predicted octanol–water partition coefficient (Wildman–Crippen LogP) is 3.96. The van der Waals surface area contributed by atoms with Gasteiger partial charge < -0.3 is 34.3 Å². The summed E-state index contributed by atoms with van der Waals surface area (Å²) in [4.78, 5) is 0. The van der Waals surface area contributed by atoms with E-state index in [9.17, 15) is 17.7 Å². The quantitative estimate of drug-likeness (QED) is 0.253. The standard InChI is InChI=1S/C17H28F3N2O6P/c1-4-27-29(23,28-5-2)12-22-15-11-16(26-9-8-25-7-6-24-3)13(10-14(15)21)17(18,19)20/h10-11,22H,4-9,12,21H2,1-3H3. The lowest BCUT2D eigenvalue weighted by Gasteiger charge is -2.21. The second-order valence-corrected chi connectivity index (χ2v) is 7.72. The minimum atomic E-state index is -4.66. The molecule has 3 N–H and O–H groups in total. The van der Waals surface area contributed by atoms with Gasteiger partial charge in [0.15, 0.2) is 0 Å². The van der Waals surface area contributed by atoms with Gasteiger partial charge in [-0.3, -0.25) is 4.57 Å². The fourth-order valence-electron chi connectivity index (χ4n) is 2.25. The molecule has 0 atom stereocenters. The SMILES string of the molecule is CCOP(=O)(CNc1cc(OCCOCCOC)c(C(F)(F)F)cc1N)OCC. The molecule has 12 heteroatoms. The number of ether oxygens (including phenoxy) is 3. The van der Waals surface area contributed by atoms with Gasteiger partial charge in [-0.1, -0.05) is 0 Å². The van der Waals surface area contributed by atoms with Crippen LogP contribution >= 0.6 is 7.60 Å². The molecule has 0 unspecified atom stereocenters. The molecule has 0 aliphatic carbocycles. The first kappa shape index (κ1) is 25.5. The van der Waals surface area contributed by atoms with Gasteiger partial charge >= 0.3 is 13.8 Å². The molecule has 0 bridgehead atoms. The van der Waals surface area contributed by atoms with E-state index in [-0.39, 0.29) is 44.1 Å². The first-order chi connectivity index (χ1) is 13.7. The number of nitrogens with one attached hydrogen (secondary N) is 1. The lowest BCUT2D eigenvalue weighted by molar-refractivity contribution is -0.139. The molecule has 8 nitrogen and oxygen atoms in total. The molecule has 0 saturated heterocycles. The van der Waals surface area contributed by atoms with Gasteiger partial charge in [0.1, 0.15) is 18.6 Å². The van der Waals surface area contributed by atoms with Crippen LogP contribution in [0.5, 0.6) is 5.75 Å². The topological polar surface area (TPSA) is 101 Å².